The smallest absolute Gasteiger partial charge is 0.232 e. The second-order valence-electron chi connectivity index (χ2n) is 8.20. The second kappa shape index (κ2) is 9.22. The molecule has 1 aliphatic heterocycles. The molecule has 0 bridgehead atoms. The van der Waals surface area contributed by atoms with Crippen LogP contribution >= 0.6 is 23.2 Å². The molecule has 1 saturated heterocycles. The Hall–Kier alpha value is -2.19. The van der Waals surface area contributed by atoms with Gasteiger partial charge in [-0.15, -0.1) is 0 Å². The monoisotopic (exact) mass is 510 g/mol. The summed E-state index contributed by atoms with van der Waals surface area (Å²) in [5.74, 6) is -1.66. The van der Waals surface area contributed by atoms with Gasteiger partial charge < -0.3 is 0 Å². The summed E-state index contributed by atoms with van der Waals surface area (Å²) in [6, 6.07) is 16.8. The van der Waals surface area contributed by atoms with Gasteiger partial charge in [-0.2, -0.15) is 0 Å². The van der Waals surface area contributed by atoms with Gasteiger partial charge in [-0.25, -0.2) is 17.2 Å². The second-order valence-corrected chi connectivity index (χ2v) is 10.9. The lowest BCUT2D eigenvalue weighted by atomic mass is 9.88. The largest absolute Gasteiger partial charge is 0.285 e. The molecule has 3 aromatic rings. The predicted octanol–water partition coefficient (Wildman–Crippen LogP) is 5.90. The highest BCUT2D eigenvalue weighted by Crippen LogP contribution is 2.40. The zero-order valence-electron chi connectivity index (χ0n) is 17.9. The molecule has 4 rings (SSSR count). The molecule has 0 aliphatic carbocycles. The van der Waals surface area contributed by atoms with Crippen LogP contribution in [0.3, 0.4) is 0 Å². The van der Waals surface area contributed by atoms with Crippen LogP contribution in [0.4, 0.5) is 14.5 Å². The number of rotatable bonds is 6. The summed E-state index contributed by atoms with van der Waals surface area (Å²) in [4.78, 5) is 2.14. The fourth-order valence-electron chi connectivity index (χ4n) is 4.39. The third-order valence-electron chi connectivity index (χ3n) is 5.94. The Kier molecular flexibility index (Phi) is 6.69. The highest BCUT2D eigenvalue weighted by atomic mass is 35.5. The molecule has 0 aromatic heterocycles. The topological polar surface area (TPSA) is 40.6 Å². The summed E-state index contributed by atoms with van der Waals surface area (Å²) in [5, 5.41) is 1.22. The maximum atomic E-state index is 13.9. The van der Waals surface area contributed by atoms with Crippen molar-refractivity contribution < 1.29 is 17.2 Å². The molecule has 9 heteroatoms. The van der Waals surface area contributed by atoms with Crippen molar-refractivity contribution in [3.8, 4) is 0 Å². The summed E-state index contributed by atoms with van der Waals surface area (Å²) in [5.41, 5.74) is 1.94. The van der Waals surface area contributed by atoms with E-state index in [1.165, 1.54) is 0 Å². The number of hydrogen-bond acceptors (Lipinski definition) is 3. The summed E-state index contributed by atoms with van der Waals surface area (Å²) in [7, 11) is -3.80. The predicted molar refractivity (Wildman–Crippen MR) is 128 cm³/mol. The van der Waals surface area contributed by atoms with E-state index in [1.807, 2.05) is 31.2 Å². The first-order valence-corrected chi connectivity index (χ1v) is 12.9. The first kappa shape index (κ1) is 24.0. The Morgan fingerprint density at radius 3 is 1.76 bits per heavy atom. The molecule has 0 N–H and O–H groups in total. The molecule has 0 saturated carbocycles. The molecule has 2 atom stereocenters. The fourth-order valence-corrected chi connectivity index (χ4v) is 5.86. The SMILES string of the molecule is CC1C(N(c2cc(F)cc(F)c2)S(C)(=O)=O)CN1C(c1ccc(Cl)cc1)c1ccc(Cl)cc1. The van der Waals surface area contributed by atoms with Gasteiger partial charge in [-0.1, -0.05) is 47.5 Å². The van der Waals surface area contributed by atoms with Crippen LogP contribution < -0.4 is 4.31 Å². The number of likely N-dealkylation sites (tertiary alicyclic amines) is 1. The van der Waals surface area contributed by atoms with E-state index in [2.05, 4.69) is 4.90 Å². The van der Waals surface area contributed by atoms with E-state index in [9.17, 15) is 17.2 Å². The van der Waals surface area contributed by atoms with E-state index in [-0.39, 0.29) is 17.8 Å². The quantitative estimate of drug-likeness (QED) is 0.414. The van der Waals surface area contributed by atoms with Gasteiger partial charge >= 0.3 is 0 Å². The van der Waals surface area contributed by atoms with Crippen molar-refractivity contribution in [1.82, 2.24) is 4.90 Å². The van der Waals surface area contributed by atoms with Crippen molar-refractivity contribution >= 4 is 38.9 Å². The number of sulfonamides is 1. The third-order valence-corrected chi connectivity index (χ3v) is 7.64. The van der Waals surface area contributed by atoms with Gasteiger partial charge in [0, 0.05) is 28.7 Å². The summed E-state index contributed by atoms with van der Waals surface area (Å²) in [6.45, 7) is 2.27. The highest BCUT2D eigenvalue weighted by molar-refractivity contribution is 7.92. The maximum absolute atomic E-state index is 13.9. The van der Waals surface area contributed by atoms with Crippen LogP contribution in [0.2, 0.25) is 10.0 Å². The van der Waals surface area contributed by atoms with Gasteiger partial charge in [0.15, 0.2) is 0 Å². The van der Waals surface area contributed by atoms with Crippen LogP contribution in [0.1, 0.15) is 24.1 Å². The van der Waals surface area contributed by atoms with E-state index in [1.54, 1.807) is 24.3 Å². The molecule has 1 heterocycles. The van der Waals surface area contributed by atoms with Crippen LogP contribution in [0, 0.1) is 11.6 Å². The van der Waals surface area contributed by atoms with Gasteiger partial charge in [0.25, 0.3) is 0 Å². The standard InChI is InChI=1S/C24H22Cl2F2N2O2S/c1-15-23(30(33(2,31)32)22-12-20(27)11-21(28)13-22)14-29(15)24(16-3-7-18(25)8-4-16)17-5-9-19(26)10-6-17/h3-13,15,23-24H,14H2,1-2H3. The minimum absolute atomic E-state index is 0.0268. The van der Waals surface area contributed by atoms with E-state index in [4.69, 9.17) is 23.2 Å². The first-order valence-electron chi connectivity index (χ1n) is 10.3. The Bertz CT molecular complexity index is 1190. The number of anilines is 1. The molecule has 0 amide bonds. The zero-order valence-corrected chi connectivity index (χ0v) is 20.2. The zero-order chi connectivity index (χ0) is 23.9. The number of nitrogens with zero attached hydrogens (tertiary/aromatic N) is 2. The molecule has 4 nitrogen and oxygen atoms in total. The molecule has 1 fully saturated rings. The van der Waals surface area contributed by atoms with Gasteiger partial charge in [-0.05, 0) is 54.4 Å². The highest BCUT2D eigenvalue weighted by Gasteiger charge is 2.46. The van der Waals surface area contributed by atoms with Crippen molar-refractivity contribution in [1.29, 1.82) is 0 Å². The molecule has 0 spiro atoms. The third kappa shape index (κ3) is 5.01. The lowest BCUT2D eigenvalue weighted by Gasteiger charge is -2.54. The molecule has 1 aliphatic rings. The van der Waals surface area contributed by atoms with E-state index < -0.39 is 27.7 Å². The van der Waals surface area contributed by atoms with E-state index in [0.29, 0.717) is 16.6 Å². The van der Waals surface area contributed by atoms with E-state index >= 15 is 0 Å². The number of hydrogen-bond donors (Lipinski definition) is 0. The van der Waals surface area contributed by atoms with Gasteiger partial charge in [0.2, 0.25) is 10.0 Å². The Morgan fingerprint density at radius 2 is 1.36 bits per heavy atom. The number of benzene rings is 3. The molecule has 33 heavy (non-hydrogen) atoms. The number of halogens is 4. The lowest BCUT2D eigenvalue weighted by molar-refractivity contribution is 0.0470. The minimum atomic E-state index is -3.80. The van der Waals surface area contributed by atoms with Crippen molar-refractivity contribution in [2.24, 2.45) is 0 Å². The lowest BCUT2D eigenvalue weighted by Crippen LogP contribution is -2.67. The molecular formula is C24H22Cl2F2N2O2S. The van der Waals surface area contributed by atoms with Crippen molar-refractivity contribution in [2.75, 3.05) is 17.1 Å². The van der Waals surface area contributed by atoms with Gasteiger partial charge in [0.05, 0.1) is 24.0 Å². The Balaban J connectivity index is 1.70. The average Bonchev–Trinajstić information content (AvgIpc) is 2.73. The Morgan fingerprint density at radius 1 is 0.909 bits per heavy atom. The fraction of sp³-hybridized carbons (Fsp3) is 0.250. The summed E-state index contributed by atoms with van der Waals surface area (Å²) >= 11 is 12.2. The molecule has 2 unspecified atom stereocenters. The van der Waals surface area contributed by atoms with Crippen molar-refractivity contribution in [2.45, 2.75) is 25.0 Å². The van der Waals surface area contributed by atoms with Crippen LogP contribution in [0.15, 0.2) is 66.7 Å². The first-order chi connectivity index (χ1) is 15.5. The minimum Gasteiger partial charge on any atom is -0.285 e. The van der Waals surface area contributed by atoms with Gasteiger partial charge in [-0.3, -0.25) is 9.21 Å². The van der Waals surface area contributed by atoms with Crippen LogP contribution in [-0.4, -0.2) is 38.2 Å². The molecule has 3 aromatic carbocycles. The Labute approximate surface area is 202 Å². The van der Waals surface area contributed by atoms with Crippen LogP contribution in [0.5, 0.6) is 0 Å². The van der Waals surface area contributed by atoms with Crippen LogP contribution in [0.25, 0.3) is 0 Å². The summed E-state index contributed by atoms with van der Waals surface area (Å²) < 4.78 is 54.2. The molecule has 0 radical (unpaired) electrons. The van der Waals surface area contributed by atoms with Crippen molar-refractivity contribution in [3.05, 3.63) is 99.5 Å². The van der Waals surface area contributed by atoms with Crippen LogP contribution in [-0.2, 0) is 10.0 Å². The normalized spacial score (nSPS) is 18.9. The summed E-state index contributed by atoms with van der Waals surface area (Å²) in [6.07, 6.45) is 1.04. The van der Waals surface area contributed by atoms with Gasteiger partial charge in [0.1, 0.15) is 11.6 Å². The average molecular weight is 511 g/mol. The maximum Gasteiger partial charge on any atom is 0.232 e. The molecular weight excluding hydrogens is 489 g/mol. The van der Waals surface area contributed by atoms with E-state index in [0.717, 1.165) is 39.9 Å². The van der Waals surface area contributed by atoms with Crippen molar-refractivity contribution in [3.63, 3.8) is 0 Å². The molecule has 174 valence electrons.